The van der Waals surface area contributed by atoms with Crippen molar-refractivity contribution in [2.45, 2.75) is 113 Å². The van der Waals surface area contributed by atoms with Crippen LogP contribution in [0.25, 0.3) is 0 Å². The fourth-order valence-corrected chi connectivity index (χ4v) is 7.02. The maximum absolute atomic E-state index is 12.5. The topological polar surface area (TPSA) is 177 Å². The molecule has 0 spiro atoms. The molecule has 2 aliphatic rings. The summed E-state index contributed by atoms with van der Waals surface area (Å²) >= 11 is 0. The third kappa shape index (κ3) is 13.1. The number of benzene rings is 2. The van der Waals surface area contributed by atoms with Gasteiger partial charge in [-0.15, -0.1) is 0 Å². The van der Waals surface area contributed by atoms with E-state index in [1.165, 1.54) is 76.3 Å². The Kier molecular flexibility index (Phi) is 15.2. The van der Waals surface area contributed by atoms with E-state index in [-0.39, 0.29) is 26.0 Å². The number of sulfonamides is 1. The molecule has 45 heavy (non-hydrogen) atoms. The lowest BCUT2D eigenvalue weighted by atomic mass is 9.91. The molecule has 2 saturated carbocycles. The van der Waals surface area contributed by atoms with Gasteiger partial charge in [0.05, 0.1) is 4.92 Å². The third-order valence-corrected chi connectivity index (χ3v) is 9.55. The number of hydrogen-bond acceptors (Lipinski definition) is 8. The number of para-hydroxylation sites is 1. The van der Waals surface area contributed by atoms with Crippen molar-refractivity contribution in [3.63, 3.8) is 0 Å². The number of nitro benzene ring substituents is 1. The summed E-state index contributed by atoms with van der Waals surface area (Å²) in [7, 11) is -4.43. The molecule has 2 aliphatic carbocycles. The van der Waals surface area contributed by atoms with Gasteiger partial charge in [-0.3, -0.25) is 14.9 Å². The summed E-state index contributed by atoms with van der Waals surface area (Å²) in [5.41, 5.74) is 0.181. The van der Waals surface area contributed by atoms with Gasteiger partial charge in [-0.05, 0) is 56.6 Å². The quantitative estimate of drug-likeness (QED) is 0.114. The Balaban J connectivity index is 0.000000350. The Morgan fingerprint density at radius 2 is 1.47 bits per heavy atom. The van der Waals surface area contributed by atoms with Gasteiger partial charge in [0.2, 0.25) is 10.0 Å². The molecule has 0 unspecified atom stereocenters. The number of amides is 1. The van der Waals surface area contributed by atoms with E-state index in [4.69, 9.17) is 4.74 Å². The number of unbranched alkanes of at least 4 members (excludes halogenated alkanes) is 1. The Morgan fingerprint density at radius 1 is 0.889 bits per heavy atom. The maximum Gasteiger partial charge on any atom is 0.407 e. The van der Waals surface area contributed by atoms with E-state index in [0.29, 0.717) is 6.42 Å². The molecule has 13 heteroatoms. The minimum absolute atomic E-state index is 0.0735. The SMILES string of the molecule is C1CCC(NC2CCCCC2)CC1.O=C(NCCCC[C@H](NS(=O)(=O)c1ccccc1[N+](=O)[O-])C(=O)O)OCc1ccccc1. The monoisotopic (exact) mass is 646 g/mol. The second kappa shape index (κ2) is 19.1. The van der Waals surface area contributed by atoms with Crippen molar-refractivity contribution in [2.24, 2.45) is 0 Å². The molecule has 2 fully saturated rings. The van der Waals surface area contributed by atoms with Crippen LogP contribution in [0.1, 0.15) is 89.0 Å². The number of alkyl carbamates (subject to hydrolysis) is 1. The number of carboxylic acid groups (broad SMARTS) is 1. The van der Waals surface area contributed by atoms with Crippen LogP contribution < -0.4 is 15.4 Å². The van der Waals surface area contributed by atoms with E-state index in [2.05, 4.69) is 10.6 Å². The minimum atomic E-state index is -4.43. The highest BCUT2D eigenvalue weighted by Gasteiger charge is 2.30. The van der Waals surface area contributed by atoms with Crippen LogP contribution in [-0.2, 0) is 26.2 Å². The van der Waals surface area contributed by atoms with Gasteiger partial charge in [-0.25, -0.2) is 13.2 Å². The van der Waals surface area contributed by atoms with E-state index < -0.39 is 43.6 Å². The molecule has 0 saturated heterocycles. The van der Waals surface area contributed by atoms with Gasteiger partial charge in [-0.1, -0.05) is 81.0 Å². The summed E-state index contributed by atoms with van der Waals surface area (Å²) in [5, 5.41) is 26.8. The first-order valence-corrected chi connectivity index (χ1v) is 17.3. The molecular formula is C32H46N4O8S. The zero-order valence-electron chi connectivity index (χ0n) is 25.7. The van der Waals surface area contributed by atoms with Crippen molar-refractivity contribution in [3.8, 4) is 0 Å². The number of ether oxygens (including phenoxy) is 1. The number of nitrogens with zero attached hydrogens (tertiary/aromatic N) is 1. The molecule has 4 rings (SSSR count). The van der Waals surface area contributed by atoms with Crippen molar-refractivity contribution in [1.29, 1.82) is 0 Å². The molecule has 1 atom stereocenters. The van der Waals surface area contributed by atoms with E-state index in [9.17, 15) is 33.2 Å². The molecule has 1 amide bonds. The van der Waals surface area contributed by atoms with Crippen LogP contribution in [0, 0.1) is 10.1 Å². The van der Waals surface area contributed by atoms with Gasteiger partial charge in [0, 0.05) is 24.7 Å². The normalized spacial score (nSPS) is 16.5. The summed E-state index contributed by atoms with van der Waals surface area (Å²) < 4.78 is 32.0. The number of nitrogens with one attached hydrogen (secondary N) is 3. The van der Waals surface area contributed by atoms with Gasteiger partial charge in [0.25, 0.3) is 5.69 Å². The number of carboxylic acids is 1. The molecule has 0 aromatic heterocycles. The average Bonchev–Trinajstić information content (AvgIpc) is 3.04. The summed E-state index contributed by atoms with van der Waals surface area (Å²) in [6.45, 7) is 0.317. The summed E-state index contributed by atoms with van der Waals surface area (Å²) in [6.07, 6.45) is 14.5. The summed E-state index contributed by atoms with van der Waals surface area (Å²) in [5.74, 6) is -1.41. The Morgan fingerprint density at radius 3 is 2.04 bits per heavy atom. The van der Waals surface area contributed by atoms with Crippen molar-refractivity contribution >= 4 is 27.8 Å². The minimum Gasteiger partial charge on any atom is -0.480 e. The predicted octanol–water partition coefficient (Wildman–Crippen LogP) is 5.66. The van der Waals surface area contributed by atoms with E-state index in [1.807, 2.05) is 35.1 Å². The second-order valence-corrected chi connectivity index (χ2v) is 13.2. The lowest BCUT2D eigenvalue weighted by Crippen LogP contribution is -2.41. The maximum atomic E-state index is 12.5. The van der Waals surface area contributed by atoms with Crippen molar-refractivity contribution in [3.05, 3.63) is 70.3 Å². The number of aliphatic carboxylic acids is 1. The first-order chi connectivity index (χ1) is 21.7. The zero-order chi connectivity index (χ0) is 32.5. The van der Waals surface area contributed by atoms with Crippen LogP contribution in [0.15, 0.2) is 59.5 Å². The molecule has 0 aliphatic heterocycles. The van der Waals surface area contributed by atoms with Crippen LogP contribution in [0.2, 0.25) is 0 Å². The molecule has 248 valence electrons. The number of carbonyl (C=O) groups excluding carboxylic acids is 1. The lowest BCUT2D eigenvalue weighted by molar-refractivity contribution is -0.387. The van der Waals surface area contributed by atoms with Gasteiger partial charge < -0.3 is 20.5 Å². The summed E-state index contributed by atoms with van der Waals surface area (Å²) in [6, 6.07) is 14.0. The average molecular weight is 647 g/mol. The number of rotatable bonds is 14. The van der Waals surface area contributed by atoms with Crippen LogP contribution in [0.3, 0.4) is 0 Å². The highest BCUT2D eigenvalue weighted by molar-refractivity contribution is 7.89. The molecule has 12 nitrogen and oxygen atoms in total. The standard InChI is InChI=1S/C20H23N3O8S.C12H23N/c24-19(25)16(22-32(29,30)18-12-5-4-11-17(18)23(27)28)10-6-7-13-21-20(26)31-14-15-8-2-1-3-9-15;1-3-7-11(8-4-1)13-12-9-5-2-6-10-12/h1-5,8-9,11-12,16,22H,6-7,10,13-14H2,(H,21,26)(H,24,25);11-13H,1-10H2/t16-;/m0./s1. The van der Waals surface area contributed by atoms with E-state index in [1.54, 1.807) is 0 Å². The number of nitro groups is 1. The second-order valence-electron chi connectivity index (χ2n) is 11.6. The first-order valence-electron chi connectivity index (χ1n) is 15.8. The molecule has 2 aromatic rings. The zero-order valence-corrected chi connectivity index (χ0v) is 26.5. The van der Waals surface area contributed by atoms with Gasteiger partial charge in [-0.2, -0.15) is 4.72 Å². The fourth-order valence-electron chi connectivity index (χ4n) is 5.63. The Labute approximate surface area is 265 Å². The highest BCUT2D eigenvalue weighted by Crippen LogP contribution is 2.24. The molecule has 2 aromatic carbocycles. The molecule has 0 heterocycles. The molecular weight excluding hydrogens is 600 g/mol. The van der Waals surface area contributed by atoms with Crippen molar-refractivity contribution in [1.82, 2.24) is 15.4 Å². The Bertz CT molecular complexity index is 1300. The molecule has 0 bridgehead atoms. The van der Waals surface area contributed by atoms with E-state index in [0.717, 1.165) is 29.8 Å². The molecule has 0 radical (unpaired) electrons. The van der Waals surface area contributed by atoms with E-state index >= 15 is 0 Å². The third-order valence-electron chi connectivity index (χ3n) is 8.03. The van der Waals surface area contributed by atoms with Crippen molar-refractivity contribution in [2.75, 3.05) is 6.54 Å². The fraction of sp³-hybridized carbons (Fsp3) is 0.562. The van der Waals surface area contributed by atoms with Crippen molar-refractivity contribution < 1.29 is 32.8 Å². The van der Waals surface area contributed by atoms with Crippen LogP contribution >= 0.6 is 0 Å². The lowest BCUT2D eigenvalue weighted by Gasteiger charge is -2.30. The van der Waals surface area contributed by atoms with Crippen LogP contribution in [0.4, 0.5) is 10.5 Å². The first kappa shape index (κ1) is 35.9. The number of carbonyl (C=O) groups is 2. The van der Waals surface area contributed by atoms with Gasteiger partial charge >= 0.3 is 12.1 Å². The molecule has 4 N–H and O–H groups in total. The predicted molar refractivity (Wildman–Crippen MR) is 170 cm³/mol. The Hall–Kier alpha value is -3.55. The smallest absolute Gasteiger partial charge is 0.407 e. The highest BCUT2D eigenvalue weighted by atomic mass is 32.2. The van der Waals surface area contributed by atoms with Crippen LogP contribution in [0.5, 0.6) is 0 Å². The van der Waals surface area contributed by atoms with Gasteiger partial charge in [0.1, 0.15) is 12.6 Å². The van der Waals surface area contributed by atoms with Gasteiger partial charge in [0.15, 0.2) is 4.90 Å². The largest absolute Gasteiger partial charge is 0.480 e. The summed E-state index contributed by atoms with van der Waals surface area (Å²) in [4.78, 5) is 32.7. The number of hydrogen-bond donors (Lipinski definition) is 4. The van der Waals surface area contributed by atoms with Crippen LogP contribution in [-0.4, -0.2) is 55.2 Å².